The summed E-state index contributed by atoms with van der Waals surface area (Å²) in [5.41, 5.74) is 0.329. The van der Waals surface area contributed by atoms with Crippen LogP contribution in [-0.2, 0) is 10.2 Å². The highest BCUT2D eigenvalue weighted by atomic mass is 16.7. The molecule has 0 bridgehead atoms. The normalized spacial score (nSPS) is 21.7. The Morgan fingerprint density at radius 2 is 1.87 bits per heavy atom. The summed E-state index contributed by atoms with van der Waals surface area (Å²) in [5.74, 6) is 0.467. The second kappa shape index (κ2) is 4.63. The van der Waals surface area contributed by atoms with Crippen LogP contribution < -0.4 is 14.4 Å². The number of amides is 1. The maximum absolute atomic E-state index is 13.0. The van der Waals surface area contributed by atoms with E-state index in [0.29, 0.717) is 28.3 Å². The Balaban J connectivity index is 2.01. The molecular formula is C17H15NO5. The molecule has 6 heteroatoms. The van der Waals surface area contributed by atoms with Gasteiger partial charge in [0.15, 0.2) is 11.5 Å². The number of phenolic OH excluding ortho intramolecular Hbond substituents is 1. The number of aromatic hydroxyl groups is 1. The Labute approximate surface area is 132 Å². The minimum atomic E-state index is -1.35. The molecule has 0 aromatic heterocycles. The fourth-order valence-corrected chi connectivity index (χ4v) is 3.41. The molecule has 1 atom stereocenters. The van der Waals surface area contributed by atoms with Crippen molar-refractivity contribution in [3.63, 3.8) is 0 Å². The summed E-state index contributed by atoms with van der Waals surface area (Å²) in [5, 5.41) is 20.6. The Morgan fingerprint density at radius 3 is 2.61 bits per heavy atom. The average Bonchev–Trinajstić information content (AvgIpc) is 3.10. The van der Waals surface area contributed by atoms with Crippen molar-refractivity contribution < 1.29 is 24.5 Å². The highest BCUT2D eigenvalue weighted by Gasteiger charge is 2.52. The van der Waals surface area contributed by atoms with Gasteiger partial charge >= 0.3 is 0 Å². The highest BCUT2D eigenvalue weighted by Crippen LogP contribution is 2.50. The number of aliphatic hydroxyl groups is 1. The molecule has 0 saturated heterocycles. The highest BCUT2D eigenvalue weighted by molar-refractivity contribution is 6.10. The van der Waals surface area contributed by atoms with Gasteiger partial charge in [-0.05, 0) is 17.7 Å². The zero-order chi connectivity index (χ0) is 16.2. The number of ether oxygens (including phenoxy) is 2. The van der Waals surface area contributed by atoms with E-state index in [9.17, 15) is 15.0 Å². The van der Waals surface area contributed by atoms with Gasteiger partial charge in [0.05, 0.1) is 6.61 Å². The molecule has 2 heterocycles. The summed E-state index contributed by atoms with van der Waals surface area (Å²) in [7, 11) is 1.66. The molecule has 1 amide bonds. The van der Waals surface area contributed by atoms with Gasteiger partial charge in [0.25, 0.3) is 0 Å². The molecular weight excluding hydrogens is 298 g/mol. The number of fused-ring (bicyclic) bond motifs is 2. The van der Waals surface area contributed by atoms with Crippen molar-refractivity contribution in [1.29, 1.82) is 0 Å². The third kappa shape index (κ3) is 1.64. The topological polar surface area (TPSA) is 79.2 Å². The van der Waals surface area contributed by atoms with E-state index in [2.05, 4.69) is 0 Å². The van der Waals surface area contributed by atoms with Gasteiger partial charge in [-0.2, -0.15) is 0 Å². The SMILES string of the molecule is CN1C(=O)[C@](CO)(c2cc3c(cc2O)OCO3)c2ccccc21. The molecule has 2 N–H and O–H groups in total. The molecule has 0 unspecified atom stereocenters. The number of rotatable bonds is 2. The van der Waals surface area contributed by atoms with Crippen LogP contribution in [0.2, 0.25) is 0 Å². The molecule has 2 aromatic carbocycles. The average molecular weight is 313 g/mol. The van der Waals surface area contributed by atoms with Crippen LogP contribution in [-0.4, -0.2) is 36.6 Å². The molecule has 118 valence electrons. The maximum Gasteiger partial charge on any atom is 0.244 e. The van der Waals surface area contributed by atoms with Crippen molar-refractivity contribution in [1.82, 2.24) is 0 Å². The number of aliphatic hydroxyl groups excluding tert-OH is 1. The number of hydrogen-bond donors (Lipinski definition) is 2. The lowest BCUT2D eigenvalue weighted by Gasteiger charge is -2.27. The molecule has 0 spiro atoms. The Hall–Kier alpha value is -2.73. The standard InChI is InChI=1S/C17H15NO5/c1-18-12-5-3-2-4-10(12)17(8-19,16(18)21)11-6-14-15(7-13(11)20)23-9-22-14/h2-7,19-20H,8-9H2,1H3/t17-/m0/s1. The van der Waals surface area contributed by atoms with Gasteiger partial charge in [0, 0.05) is 24.4 Å². The quantitative estimate of drug-likeness (QED) is 0.875. The van der Waals surface area contributed by atoms with Crippen LogP contribution in [0.15, 0.2) is 36.4 Å². The number of nitrogens with zero attached hydrogens (tertiary/aromatic N) is 1. The number of hydrogen-bond acceptors (Lipinski definition) is 5. The van der Waals surface area contributed by atoms with Crippen LogP contribution in [0.5, 0.6) is 17.2 Å². The molecule has 4 rings (SSSR count). The Morgan fingerprint density at radius 1 is 1.17 bits per heavy atom. The van der Waals surface area contributed by atoms with Crippen molar-refractivity contribution in [2.45, 2.75) is 5.41 Å². The first-order valence-electron chi connectivity index (χ1n) is 7.21. The fraction of sp³-hybridized carbons (Fsp3) is 0.235. The monoisotopic (exact) mass is 313 g/mol. The molecule has 0 radical (unpaired) electrons. The van der Waals surface area contributed by atoms with Gasteiger partial charge in [-0.1, -0.05) is 18.2 Å². The van der Waals surface area contributed by atoms with E-state index in [1.807, 2.05) is 12.1 Å². The van der Waals surface area contributed by atoms with E-state index in [1.165, 1.54) is 11.0 Å². The van der Waals surface area contributed by atoms with Crippen LogP contribution in [0.25, 0.3) is 0 Å². The lowest BCUT2D eigenvalue weighted by Crippen LogP contribution is -2.42. The van der Waals surface area contributed by atoms with E-state index >= 15 is 0 Å². The summed E-state index contributed by atoms with van der Waals surface area (Å²) in [6.45, 7) is -0.394. The van der Waals surface area contributed by atoms with E-state index in [1.54, 1.807) is 25.2 Å². The number of phenols is 1. The zero-order valence-electron chi connectivity index (χ0n) is 12.4. The van der Waals surface area contributed by atoms with E-state index < -0.39 is 12.0 Å². The predicted molar refractivity (Wildman–Crippen MR) is 81.9 cm³/mol. The van der Waals surface area contributed by atoms with Gasteiger partial charge in [0.2, 0.25) is 12.7 Å². The van der Waals surface area contributed by atoms with Crippen molar-refractivity contribution >= 4 is 11.6 Å². The summed E-state index contributed by atoms with van der Waals surface area (Å²) >= 11 is 0. The second-order valence-electron chi connectivity index (χ2n) is 5.67. The van der Waals surface area contributed by atoms with Gasteiger partial charge < -0.3 is 24.6 Å². The van der Waals surface area contributed by atoms with E-state index in [4.69, 9.17) is 9.47 Å². The molecule has 2 aromatic rings. The molecule has 0 fully saturated rings. The minimum Gasteiger partial charge on any atom is -0.507 e. The van der Waals surface area contributed by atoms with Crippen molar-refractivity contribution in [2.24, 2.45) is 0 Å². The third-order valence-corrected chi connectivity index (χ3v) is 4.58. The van der Waals surface area contributed by atoms with Crippen molar-refractivity contribution in [2.75, 3.05) is 25.3 Å². The lowest BCUT2D eigenvalue weighted by atomic mass is 9.75. The maximum atomic E-state index is 13.0. The first kappa shape index (κ1) is 13.9. The zero-order valence-corrected chi connectivity index (χ0v) is 12.4. The number of anilines is 1. The smallest absolute Gasteiger partial charge is 0.244 e. The largest absolute Gasteiger partial charge is 0.507 e. The second-order valence-corrected chi connectivity index (χ2v) is 5.67. The first-order chi connectivity index (χ1) is 11.1. The van der Waals surface area contributed by atoms with Crippen LogP contribution >= 0.6 is 0 Å². The van der Waals surface area contributed by atoms with E-state index in [0.717, 1.165) is 0 Å². The molecule has 2 aliphatic heterocycles. The van der Waals surface area contributed by atoms with Gasteiger partial charge in [-0.25, -0.2) is 0 Å². The van der Waals surface area contributed by atoms with E-state index in [-0.39, 0.29) is 18.4 Å². The molecule has 0 aliphatic carbocycles. The Bertz CT molecular complexity index is 819. The van der Waals surface area contributed by atoms with Crippen LogP contribution in [0, 0.1) is 0 Å². The number of para-hydroxylation sites is 1. The predicted octanol–water partition coefficient (Wildman–Crippen LogP) is 1.38. The summed E-state index contributed by atoms with van der Waals surface area (Å²) in [6, 6.07) is 10.2. The molecule has 0 saturated carbocycles. The van der Waals surface area contributed by atoms with Gasteiger partial charge in [0.1, 0.15) is 11.2 Å². The number of benzene rings is 2. The van der Waals surface area contributed by atoms with Crippen LogP contribution in [0.1, 0.15) is 11.1 Å². The van der Waals surface area contributed by atoms with Crippen LogP contribution in [0.4, 0.5) is 5.69 Å². The third-order valence-electron chi connectivity index (χ3n) is 4.58. The minimum absolute atomic E-state index is 0.0643. The van der Waals surface area contributed by atoms with Crippen LogP contribution in [0.3, 0.4) is 0 Å². The lowest BCUT2D eigenvalue weighted by molar-refractivity contribution is -0.122. The summed E-state index contributed by atoms with van der Waals surface area (Å²) in [6.07, 6.45) is 0. The fourth-order valence-electron chi connectivity index (χ4n) is 3.41. The van der Waals surface area contributed by atoms with Crippen molar-refractivity contribution in [3.8, 4) is 17.2 Å². The molecule has 2 aliphatic rings. The summed E-state index contributed by atoms with van der Waals surface area (Å²) < 4.78 is 10.6. The molecule has 6 nitrogen and oxygen atoms in total. The van der Waals surface area contributed by atoms with Crippen molar-refractivity contribution in [3.05, 3.63) is 47.5 Å². The number of carbonyl (C=O) groups excluding carboxylic acids is 1. The van der Waals surface area contributed by atoms with Gasteiger partial charge in [-0.15, -0.1) is 0 Å². The number of likely N-dealkylation sites (N-methyl/N-ethyl adjacent to an activating group) is 1. The summed E-state index contributed by atoms with van der Waals surface area (Å²) in [4.78, 5) is 14.4. The number of carbonyl (C=O) groups is 1. The van der Waals surface area contributed by atoms with Gasteiger partial charge in [-0.3, -0.25) is 4.79 Å². The molecule has 23 heavy (non-hydrogen) atoms. The Kier molecular flexibility index (Phi) is 2.80. The first-order valence-corrected chi connectivity index (χ1v) is 7.21.